The Morgan fingerprint density at radius 2 is 2.00 bits per heavy atom. The van der Waals surface area contributed by atoms with E-state index in [1.807, 2.05) is 13.0 Å². The average molecular weight is 363 g/mol. The molecule has 2 aliphatic rings. The lowest BCUT2D eigenvalue weighted by Crippen LogP contribution is -2.41. The molecule has 0 radical (unpaired) electrons. The molecule has 138 valence electrons. The van der Waals surface area contributed by atoms with Crippen molar-refractivity contribution >= 4 is 14.3 Å². The van der Waals surface area contributed by atoms with E-state index in [1.165, 1.54) is 0 Å². The Balaban J connectivity index is 1.79. The largest absolute Gasteiger partial charge is 0.488 e. The minimum Gasteiger partial charge on any atom is -0.488 e. The van der Waals surface area contributed by atoms with Crippen LogP contribution in [0.5, 0.6) is 5.75 Å². The highest BCUT2D eigenvalue weighted by molar-refractivity contribution is 6.74. The minimum atomic E-state index is -1.86. The Hall–Kier alpha value is -1.33. The van der Waals surface area contributed by atoms with Crippen LogP contribution in [0.15, 0.2) is 18.2 Å². The first-order valence-corrected chi connectivity index (χ1v) is 12.1. The number of para-hydroxylation sites is 1. The highest BCUT2D eigenvalue weighted by Crippen LogP contribution is 2.60. The number of hydrogen-bond acceptors (Lipinski definition) is 4. The van der Waals surface area contributed by atoms with E-state index in [0.717, 1.165) is 16.9 Å². The number of ether oxygens (including phenoxy) is 2. The lowest BCUT2D eigenvalue weighted by Gasteiger charge is -2.38. The van der Waals surface area contributed by atoms with Crippen LogP contribution in [-0.4, -0.2) is 27.0 Å². The first-order chi connectivity index (χ1) is 11.6. The Labute approximate surface area is 152 Å². The Kier molecular flexibility index (Phi) is 4.53. The number of esters is 1. The predicted octanol–water partition coefficient (Wildman–Crippen LogP) is 4.81. The molecular formula is C20H30O4Si. The monoisotopic (exact) mass is 362 g/mol. The molecule has 1 saturated carbocycles. The van der Waals surface area contributed by atoms with Gasteiger partial charge in [-0.15, -0.1) is 0 Å². The second-order valence-corrected chi connectivity index (χ2v) is 13.4. The van der Waals surface area contributed by atoms with E-state index >= 15 is 0 Å². The molecule has 5 heteroatoms. The van der Waals surface area contributed by atoms with Gasteiger partial charge < -0.3 is 13.9 Å². The highest BCUT2D eigenvalue weighted by Gasteiger charge is 2.64. The number of carbonyl (C=O) groups is 1. The molecule has 0 spiro atoms. The maximum Gasteiger partial charge on any atom is 0.313 e. The molecule has 0 bridgehead atoms. The van der Waals surface area contributed by atoms with Gasteiger partial charge in [-0.05, 0) is 32.0 Å². The molecule has 1 aromatic rings. The summed E-state index contributed by atoms with van der Waals surface area (Å²) < 4.78 is 17.9. The molecule has 1 fully saturated rings. The number of hydrogen-bond donors (Lipinski definition) is 0. The van der Waals surface area contributed by atoms with Crippen LogP contribution in [0.2, 0.25) is 18.1 Å². The third-order valence-electron chi connectivity index (χ3n) is 5.92. The van der Waals surface area contributed by atoms with E-state index in [-0.39, 0.29) is 35.1 Å². The van der Waals surface area contributed by atoms with Gasteiger partial charge in [-0.3, -0.25) is 4.79 Å². The van der Waals surface area contributed by atoms with Gasteiger partial charge in [-0.25, -0.2) is 0 Å². The maximum atomic E-state index is 12.0. The van der Waals surface area contributed by atoms with Gasteiger partial charge in [0.25, 0.3) is 0 Å². The number of fused-ring (bicyclic) bond motifs is 3. The van der Waals surface area contributed by atoms with Crippen LogP contribution in [0.25, 0.3) is 0 Å². The predicted molar refractivity (Wildman–Crippen MR) is 100 cm³/mol. The molecule has 1 heterocycles. The van der Waals surface area contributed by atoms with E-state index in [4.69, 9.17) is 13.9 Å². The summed E-state index contributed by atoms with van der Waals surface area (Å²) in [7, 11) is -1.86. The van der Waals surface area contributed by atoms with Crippen LogP contribution >= 0.6 is 0 Å². The SMILES string of the molecule is CCOC(=O)[C@@H]1[C@H]2Oc3c(cccc3[C@@H](C)O[Si](C)(C)C(C)(C)C)[C@H]21. The quantitative estimate of drug-likeness (QED) is 0.557. The van der Waals surface area contributed by atoms with Crippen molar-refractivity contribution in [3.8, 4) is 5.75 Å². The topological polar surface area (TPSA) is 44.8 Å². The Morgan fingerprint density at radius 3 is 2.60 bits per heavy atom. The summed E-state index contributed by atoms with van der Waals surface area (Å²) in [5.41, 5.74) is 2.23. The van der Waals surface area contributed by atoms with Crippen molar-refractivity contribution < 1.29 is 18.7 Å². The minimum absolute atomic E-state index is 0.0191. The van der Waals surface area contributed by atoms with Gasteiger partial charge in [0.05, 0.1) is 12.7 Å². The van der Waals surface area contributed by atoms with Crippen LogP contribution in [0, 0.1) is 5.92 Å². The van der Waals surface area contributed by atoms with Crippen LogP contribution in [0.4, 0.5) is 0 Å². The van der Waals surface area contributed by atoms with Crippen molar-refractivity contribution in [3.05, 3.63) is 29.3 Å². The zero-order valence-electron chi connectivity index (χ0n) is 16.4. The van der Waals surface area contributed by atoms with Crippen LogP contribution in [0.3, 0.4) is 0 Å². The Morgan fingerprint density at radius 1 is 1.32 bits per heavy atom. The third kappa shape index (κ3) is 3.12. The zero-order chi connectivity index (χ0) is 18.6. The summed E-state index contributed by atoms with van der Waals surface area (Å²) in [5.74, 6) is 0.789. The summed E-state index contributed by atoms with van der Waals surface area (Å²) in [6.07, 6.45) is -0.0790. The number of rotatable bonds is 5. The van der Waals surface area contributed by atoms with E-state index in [1.54, 1.807) is 0 Å². The first kappa shape index (κ1) is 18.5. The fraction of sp³-hybridized carbons (Fsp3) is 0.650. The van der Waals surface area contributed by atoms with Gasteiger partial charge in [0.15, 0.2) is 8.32 Å². The molecule has 0 N–H and O–H groups in total. The summed E-state index contributed by atoms with van der Waals surface area (Å²) in [6.45, 7) is 15.6. The molecule has 0 saturated heterocycles. The summed E-state index contributed by atoms with van der Waals surface area (Å²) >= 11 is 0. The lowest BCUT2D eigenvalue weighted by atomic mass is 10.0. The molecule has 4 atom stereocenters. The molecule has 3 rings (SSSR count). The van der Waals surface area contributed by atoms with Crippen molar-refractivity contribution in [2.24, 2.45) is 5.92 Å². The molecule has 25 heavy (non-hydrogen) atoms. The van der Waals surface area contributed by atoms with Crippen molar-refractivity contribution in [3.63, 3.8) is 0 Å². The second kappa shape index (κ2) is 6.13. The molecule has 1 aliphatic heterocycles. The van der Waals surface area contributed by atoms with Crippen molar-refractivity contribution in [2.75, 3.05) is 6.61 Å². The summed E-state index contributed by atoms with van der Waals surface area (Å²) in [5, 5.41) is 0.164. The number of carbonyl (C=O) groups excluding carboxylic acids is 1. The van der Waals surface area contributed by atoms with Gasteiger partial charge in [0.2, 0.25) is 0 Å². The molecule has 4 nitrogen and oxygen atoms in total. The normalized spacial score (nSPS) is 25.6. The van der Waals surface area contributed by atoms with E-state index in [9.17, 15) is 4.79 Å². The molecule has 0 aromatic heterocycles. The third-order valence-corrected chi connectivity index (χ3v) is 10.5. The maximum absolute atomic E-state index is 12.0. The van der Waals surface area contributed by atoms with Crippen molar-refractivity contribution in [1.82, 2.24) is 0 Å². The molecular weight excluding hydrogens is 332 g/mol. The molecule has 0 amide bonds. The van der Waals surface area contributed by atoms with Crippen molar-refractivity contribution in [1.29, 1.82) is 0 Å². The van der Waals surface area contributed by atoms with Gasteiger partial charge in [-0.1, -0.05) is 39.0 Å². The van der Waals surface area contributed by atoms with E-state index in [2.05, 4.69) is 52.9 Å². The summed E-state index contributed by atoms with van der Waals surface area (Å²) in [4.78, 5) is 12.0. The zero-order valence-corrected chi connectivity index (χ0v) is 17.4. The van der Waals surface area contributed by atoms with Gasteiger partial charge in [-0.2, -0.15) is 0 Å². The van der Waals surface area contributed by atoms with Crippen LogP contribution in [0.1, 0.15) is 57.8 Å². The van der Waals surface area contributed by atoms with E-state index < -0.39 is 8.32 Å². The van der Waals surface area contributed by atoms with Crippen LogP contribution < -0.4 is 4.74 Å². The lowest BCUT2D eigenvalue weighted by molar-refractivity contribution is -0.145. The smallest absolute Gasteiger partial charge is 0.313 e. The fourth-order valence-corrected chi connectivity index (χ4v) is 4.79. The fourth-order valence-electron chi connectivity index (χ4n) is 3.43. The second-order valence-electron chi connectivity index (χ2n) is 8.67. The van der Waals surface area contributed by atoms with E-state index in [0.29, 0.717) is 6.61 Å². The van der Waals surface area contributed by atoms with Crippen molar-refractivity contribution in [2.45, 2.75) is 70.9 Å². The van der Waals surface area contributed by atoms with Gasteiger partial charge >= 0.3 is 5.97 Å². The molecule has 1 aliphatic carbocycles. The first-order valence-electron chi connectivity index (χ1n) is 9.22. The standard InChI is InChI=1S/C20H30O4Si/c1-8-22-19(21)16-15-14-11-9-10-13(17(14)23-18(15)16)12(2)24-25(6,7)20(3,4)5/h9-12,15-16,18H,8H2,1-7H3/t12-,15+,16+,18+/m1/s1. The summed E-state index contributed by atoms with van der Waals surface area (Å²) in [6, 6.07) is 6.20. The number of benzene rings is 1. The average Bonchev–Trinajstić information content (AvgIpc) is 3.08. The Bertz CT molecular complexity index is 677. The molecule has 1 aromatic carbocycles. The highest BCUT2D eigenvalue weighted by atomic mass is 28.4. The van der Waals surface area contributed by atoms with Gasteiger partial charge in [0.1, 0.15) is 17.8 Å². The molecule has 0 unspecified atom stereocenters. The van der Waals surface area contributed by atoms with Gasteiger partial charge in [0, 0.05) is 17.0 Å². The van der Waals surface area contributed by atoms with Crippen LogP contribution in [-0.2, 0) is 14.0 Å².